The molecule has 8 heteroatoms. The van der Waals surface area contributed by atoms with E-state index in [2.05, 4.69) is 0 Å². The number of benzene rings is 2. The van der Waals surface area contributed by atoms with Crippen molar-refractivity contribution in [3.63, 3.8) is 0 Å². The van der Waals surface area contributed by atoms with Crippen molar-refractivity contribution in [1.29, 1.82) is 0 Å². The van der Waals surface area contributed by atoms with E-state index in [4.69, 9.17) is 4.74 Å². The molecule has 1 saturated carbocycles. The van der Waals surface area contributed by atoms with Crippen LogP contribution in [0.2, 0.25) is 0 Å². The summed E-state index contributed by atoms with van der Waals surface area (Å²) in [6, 6.07) is 13.8. The Labute approximate surface area is 189 Å². The van der Waals surface area contributed by atoms with E-state index >= 15 is 0 Å². The Kier molecular flexibility index (Phi) is 5.04. The minimum atomic E-state index is -1.54. The maximum Gasteiger partial charge on any atom is 0.354 e. The van der Waals surface area contributed by atoms with Crippen LogP contribution in [0.3, 0.4) is 0 Å². The summed E-state index contributed by atoms with van der Waals surface area (Å²) >= 11 is 1.57. The fourth-order valence-corrected chi connectivity index (χ4v) is 5.03. The van der Waals surface area contributed by atoms with Gasteiger partial charge in [-0.2, -0.15) is 0 Å². The average molecular weight is 451 g/mol. The SMILES string of the molecule is CSc1ccc(C(=O)COC(=O)C23CCC(=O)N2c2ccccc2C(=O)N3C2CC2)cc1. The molecule has 0 N–H and O–H groups in total. The number of para-hydroxylation sites is 1. The highest BCUT2D eigenvalue weighted by Gasteiger charge is 2.64. The Morgan fingerprint density at radius 1 is 1.09 bits per heavy atom. The lowest BCUT2D eigenvalue weighted by molar-refractivity contribution is -0.156. The summed E-state index contributed by atoms with van der Waals surface area (Å²) in [7, 11) is 0. The van der Waals surface area contributed by atoms with Crippen molar-refractivity contribution >= 4 is 41.0 Å². The first-order chi connectivity index (χ1) is 15.5. The Balaban J connectivity index is 1.46. The Morgan fingerprint density at radius 2 is 1.81 bits per heavy atom. The van der Waals surface area contributed by atoms with E-state index in [1.54, 1.807) is 48.2 Å². The van der Waals surface area contributed by atoms with E-state index in [1.165, 1.54) is 9.80 Å². The van der Waals surface area contributed by atoms with Crippen LogP contribution in [0.1, 0.15) is 46.4 Å². The second kappa shape index (κ2) is 7.78. The zero-order valence-electron chi connectivity index (χ0n) is 17.6. The Bertz CT molecular complexity index is 1130. The number of carbonyl (C=O) groups excluding carboxylic acids is 4. The Hall–Kier alpha value is -3.13. The van der Waals surface area contributed by atoms with Crippen LogP contribution in [-0.4, -0.2) is 53.0 Å². The van der Waals surface area contributed by atoms with Crippen LogP contribution in [0.15, 0.2) is 53.4 Å². The molecule has 2 heterocycles. The van der Waals surface area contributed by atoms with Gasteiger partial charge in [0.2, 0.25) is 11.6 Å². The molecule has 32 heavy (non-hydrogen) atoms. The summed E-state index contributed by atoms with van der Waals surface area (Å²) in [5.41, 5.74) is -0.264. The number of hydrogen-bond donors (Lipinski definition) is 0. The van der Waals surface area contributed by atoms with Gasteiger partial charge in [-0.25, -0.2) is 4.79 Å². The molecule has 2 fully saturated rings. The number of ether oxygens (including phenoxy) is 1. The topological polar surface area (TPSA) is 84.0 Å². The third-order valence-electron chi connectivity index (χ3n) is 6.28. The molecule has 0 aromatic heterocycles. The van der Waals surface area contributed by atoms with Crippen LogP contribution in [-0.2, 0) is 14.3 Å². The third-order valence-corrected chi connectivity index (χ3v) is 7.03. The standard InChI is InChI=1S/C24H22N2O5S/c1-32-17-10-6-15(7-11-17)20(27)14-31-23(30)24-13-12-21(28)26(24)19-5-3-2-4-18(19)22(29)25(24)16-8-9-16/h2-7,10-11,16H,8-9,12-14H2,1H3. The van der Waals surface area contributed by atoms with Crippen molar-refractivity contribution < 1.29 is 23.9 Å². The highest BCUT2D eigenvalue weighted by molar-refractivity contribution is 7.98. The predicted molar refractivity (Wildman–Crippen MR) is 119 cm³/mol. The first-order valence-electron chi connectivity index (χ1n) is 10.6. The summed E-state index contributed by atoms with van der Waals surface area (Å²) in [6.07, 6.45) is 3.76. The maximum absolute atomic E-state index is 13.5. The number of rotatable bonds is 6. The fraction of sp³-hybridized carbons (Fsp3) is 0.333. The van der Waals surface area contributed by atoms with Crippen LogP contribution in [0.5, 0.6) is 0 Å². The lowest BCUT2D eigenvalue weighted by atomic mass is 9.96. The number of fused-ring (bicyclic) bond motifs is 3. The first-order valence-corrected chi connectivity index (χ1v) is 11.8. The highest BCUT2D eigenvalue weighted by atomic mass is 32.2. The molecule has 5 rings (SSSR count). The molecular weight excluding hydrogens is 428 g/mol. The molecular formula is C24H22N2O5S. The number of anilines is 1. The minimum Gasteiger partial charge on any atom is -0.454 e. The van der Waals surface area contributed by atoms with Gasteiger partial charge in [-0.15, -0.1) is 11.8 Å². The van der Waals surface area contributed by atoms with Crippen LogP contribution in [0.25, 0.3) is 0 Å². The smallest absolute Gasteiger partial charge is 0.354 e. The molecule has 2 aliphatic heterocycles. The van der Waals surface area contributed by atoms with Gasteiger partial charge in [0, 0.05) is 29.3 Å². The zero-order valence-corrected chi connectivity index (χ0v) is 18.4. The summed E-state index contributed by atoms with van der Waals surface area (Å²) < 4.78 is 5.50. The number of nitrogens with zero attached hydrogens (tertiary/aromatic N) is 2. The second-order valence-electron chi connectivity index (χ2n) is 8.20. The number of esters is 1. The zero-order chi connectivity index (χ0) is 22.5. The number of Topliss-reactive ketones (excluding diaryl/α,β-unsaturated/α-hetero) is 1. The van der Waals surface area contributed by atoms with Gasteiger partial charge < -0.3 is 9.64 Å². The van der Waals surface area contributed by atoms with Gasteiger partial charge in [0.1, 0.15) is 0 Å². The van der Waals surface area contributed by atoms with Crippen LogP contribution < -0.4 is 4.90 Å². The lowest BCUT2D eigenvalue weighted by Crippen LogP contribution is -2.69. The highest BCUT2D eigenvalue weighted by Crippen LogP contribution is 2.49. The molecule has 2 aromatic carbocycles. The number of thioether (sulfide) groups is 1. The van der Waals surface area contributed by atoms with E-state index < -0.39 is 18.2 Å². The van der Waals surface area contributed by atoms with Crippen molar-refractivity contribution in [3.8, 4) is 0 Å². The lowest BCUT2D eigenvalue weighted by Gasteiger charge is -2.48. The van der Waals surface area contributed by atoms with Gasteiger partial charge in [-0.1, -0.05) is 24.3 Å². The molecule has 2 aromatic rings. The Morgan fingerprint density at radius 3 is 2.50 bits per heavy atom. The van der Waals surface area contributed by atoms with Crippen molar-refractivity contribution in [2.75, 3.05) is 17.8 Å². The summed E-state index contributed by atoms with van der Waals surface area (Å²) in [5.74, 6) is -1.57. The summed E-state index contributed by atoms with van der Waals surface area (Å²) in [5, 5.41) is 0. The normalized spacial score (nSPS) is 21.9. The first kappa shape index (κ1) is 20.8. The van der Waals surface area contributed by atoms with Crippen molar-refractivity contribution in [2.45, 2.75) is 42.3 Å². The van der Waals surface area contributed by atoms with Crippen LogP contribution >= 0.6 is 11.8 Å². The van der Waals surface area contributed by atoms with Crippen molar-refractivity contribution in [2.24, 2.45) is 0 Å². The second-order valence-corrected chi connectivity index (χ2v) is 9.08. The van der Waals surface area contributed by atoms with E-state index in [1.807, 2.05) is 18.4 Å². The number of carbonyl (C=O) groups is 4. The molecule has 1 aliphatic carbocycles. The number of hydrogen-bond acceptors (Lipinski definition) is 6. The molecule has 0 bridgehead atoms. The molecule has 2 amide bonds. The predicted octanol–water partition coefficient (Wildman–Crippen LogP) is 3.28. The molecule has 3 aliphatic rings. The monoisotopic (exact) mass is 450 g/mol. The average Bonchev–Trinajstić information content (AvgIpc) is 3.59. The van der Waals surface area contributed by atoms with Crippen LogP contribution in [0, 0.1) is 0 Å². The fourth-order valence-electron chi connectivity index (χ4n) is 4.62. The molecule has 1 unspecified atom stereocenters. The molecule has 1 saturated heterocycles. The van der Waals surface area contributed by atoms with E-state index in [9.17, 15) is 19.2 Å². The number of amides is 2. The number of ketones is 1. The van der Waals surface area contributed by atoms with Gasteiger partial charge in [0.05, 0.1) is 11.3 Å². The summed E-state index contributed by atoms with van der Waals surface area (Å²) in [6.45, 7) is -0.449. The van der Waals surface area contributed by atoms with Gasteiger partial charge in [-0.3, -0.25) is 19.3 Å². The van der Waals surface area contributed by atoms with E-state index in [0.29, 0.717) is 16.8 Å². The minimum absolute atomic E-state index is 0.119. The van der Waals surface area contributed by atoms with Crippen LogP contribution in [0.4, 0.5) is 5.69 Å². The largest absolute Gasteiger partial charge is 0.454 e. The van der Waals surface area contributed by atoms with Gasteiger partial charge in [-0.05, 0) is 43.4 Å². The van der Waals surface area contributed by atoms with Gasteiger partial charge in [0.25, 0.3) is 5.91 Å². The van der Waals surface area contributed by atoms with Crippen molar-refractivity contribution in [3.05, 3.63) is 59.7 Å². The van der Waals surface area contributed by atoms with Gasteiger partial charge >= 0.3 is 5.97 Å². The van der Waals surface area contributed by atoms with Crippen molar-refractivity contribution in [1.82, 2.24) is 4.90 Å². The summed E-state index contributed by atoms with van der Waals surface area (Å²) in [4.78, 5) is 56.4. The van der Waals surface area contributed by atoms with Gasteiger partial charge in [0.15, 0.2) is 12.4 Å². The molecule has 0 spiro atoms. The van der Waals surface area contributed by atoms with E-state index in [-0.39, 0.29) is 36.5 Å². The van der Waals surface area contributed by atoms with E-state index in [0.717, 1.165) is 17.7 Å². The quantitative estimate of drug-likeness (QED) is 0.382. The molecule has 164 valence electrons. The third kappa shape index (κ3) is 3.12. The molecule has 0 radical (unpaired) electrons. The molecule has 7 nitrogen and oxygen atoms in total. The molecule has 1 atom stereocenters. The maximum atomic E-state index is 13.5.